The molecule has 1 saturated heterocycles. The number of hydrogen-bond donors (Lipinski definition) is 1. The monoisotopic (exact) mass is 500 g/mol. The minimum atomic E-state index is 1.04. The molecule has 1 aromatic rings. The van der Waals surface area contributed by atoms with Crippen molar-refractivity contribution in [2.45, 2.75) is 151 Å². The highest BCUT2D eigenvalue weighted by molar-refractivity contribution is 5.28. The predicted octanol–water partition coefficient (Wildman–Crippen LogP) is 10.8. The third-order valence-corrected chi connectivity index (χ3v) is 8.89. The van der Waals surface area contributed by atoms with E-state index in [-0.39, 0.29) is 0 Å². The number of piperidine rings is 1. The summed E-state index contributed by atoms with van der Waals surface area (Å²) in [5, 5.41) is 3.48. The van der Waals surface area contributed by atoms with Crippen molar-refractivity contribution >= 4 is 0 Å². The van der Waals surface area contributed by atoms with Gasteiger partial charge in [0.25, 0.3) is 0 Å². The van der Waals surface area contributed by atoms with Crippen molar-refractivity contribution in [3.8, 4) is 0 Å². The highest BCUT2D eigenvalue weighted by atomic mass is 14.9. The van der Waals surface area contributed by atoms with Gasteiger partial charge in [-0.25, -0.2) is 0 Å². The average Bonchev–Trinajstić information content (AvgIpc) is 3.01. The molecule has 210 valence electrons. The molecule has 36 heavy (non-hydrogen) atoms. The van der Waals surface area contributed by atoms with Gasteiger partial charge in [-0.05, 0) is 86.4 Å². The Kier molecular flexibility index (Phi) is 20.5. The molecular formula is C35H65N. The Morgan fingerprint density at radius 1 is 0.472 bits per heavy atom. The molecule has 4 aliphatic carbocycles. The van der Waals surface area contributed by atoms with Crippen molar-refractivity contribution in [2.24, 2.45) is 23.7 Å². The summed E-state index contributed by atoms with van der Waals surface area (Å²) in [5.74, 6) is 4.45. The second-order valence-corrected chi connectivity index (χ2v) is 10.9. The zero-order valence-corrected chi connectivity index (χ0v) is 25.6. The summed E-state index contributed by atoms with van der Waals surface area (Å²) in [7, 11) is 0. The maximum atomic E-state index is 3.48. The van der Waals surface area contributed by atoms with Crippen molar-refractivity contribution in [1.82, 2.24) is 5.32 Å². The first-order valence-corrected chi connectivity index (χ1v) is 16.7. The summed E-state index contributed by atoms with van der Waals surface area (Å²) in [6.45, 7) is 14.6. The summed E-state index contributed by atoms with van der Waals surface area (Å²) in [5.41, 5.74) is 3.16. The van der Waals surface area contributed by atoms with Crippen molar-refractivity contribution in [3.63, 3.8) is 0 Å². The van der Waals surface area contributed by atoms with Crippen LogP contribution in [0.3, 0.4) is 0 Å². The Balaban J connectivity index is 0.000000244. The predicted molar refractivity (Wildman–Crippen MR) is 164 cm³/mol. The normalized spacial score (nSPS) is 27.7. The lowest BCUT2D eigenvalue weighted by Gasteiger charge is -2.35. The Morgan fingerprint density at radius 3 is 1.22 bits per heavy atom. The van der Waals surface area contributed by atoms with Gasteiger partial charge in [0.15, 0.2) is 0 Å². The Labute approximate surface area is 228 Å². The summed E-state index contributed by atoms with van der Waals surface area (Å²) < 4.78 is 0. The molecule has 6 rings (SSSR count). The molecule has 0 radical (unpaired) electrons. The van der Waals surface area contributed by atoms with Gasteiger partial charge in [0.2, 0.25) is 0 Å². The molecule has 2 atom stereocenters. The molecule has 1 aromatic carbocycles. The molecule has 1 heterocycles. The Hall–Kier alpha value is -0.820. The zero-order chi connectivity index (χ0) is 26.4. The van der Waals surface area contributed by atoms with E-state index in [0.29, 0.717) is 0 Å². The maximum Gasteiger partial charge on any atom is -0.00179 e. The van der Waals surface area contributed by atoms with Crippen LogP contribution in [0, 0.1) is 23.7 Å². The molecule has 1 N–H and O–H groups in total. The number of benzene rings is 1. The smallest absolute Gasteiger partial charge is 0.00179 e. The molecule has 2 unspecified atom stereocenters. The number of rotatable bonds is 0. The van der Waals surface area contributed by atoms with E-state index in [1.807, 2.05) is 41.5 Å². The van der Waals surface area contributed by atoms with Gasteiger partial charge in [0.05, 0.1) is 0 Å². The van der Waals surface area contributed by atoms with Crippen LogP contribution < -0.4 is 5.32 Å². The van der Waals surface area contributed by atoms with Gasteiger partial charge >= 0.3 is 0 Å². The van der Waals surface area contributed by atoms with Gasteiger partial charge in [0.1, 0.15) is 0 Å². The Bertz CT molecular complexity index is 503. The molecule has 5 aliphatic rings. The van der Waals surface area contributed by atoms with Crippen LogP contribution in [0.1, 0.15) is 149 Å². The topological polar surface area (TPSA) is 12.0 Å². The third kappa shape index (κ3) is 12.1. The fraction of sp³-hybridized carbons (Fsp3) is 0.829. The number of aryl methyl sites for hydroxylation is 2. The maximum absolute atomic E-state index is 3.48. The van der Waals surface area contributed by atoms with Gasteiger partial charge in [-0.15, -0.1) is 0 Å². The fourth-order valence-electron chi connectivity index (χ4n) is 7.04. The van der Waals surface area contributed by atoms with E-state index < -0.39 is 0 Å². The minimum Gasteiger partial charge on any atom is -0.316 e. The van der Waals surface area contributed by atoms with Crippen molar-refractivity contribution < 1.29 is 0 Å². The van der Waals surface area contributed by atoms with Crippen LogP contribution in [0.2, 0.25) is 0 Å². The second-order valence-electron chi connectivity index (χ2n) is 10.9. The van der Waals surface area contributed by atoms with E-state index in [1.54, 1.807) is 36.8 Å². The van der Waals surface area contributed by atoms with Crippen LogP contribution in [0.15, 0.2) is 24.3 Å². The molecule has 1 aliphatic heterocycles. The highest BCUT2D eigenvalue weighted by Crippen LogP contribution is 2.40. The molecular weight excluding hydrogens is 434 g/mol. The molecule has 0 aromatic heterocycles. The number of nitrogens with one attached hydrogen (secondary N) is 1. The Morgan fingerprint density at radius 2 is 0.833 bits per heavy atom. The lowest BCUT2D eigenvalue weighted by Crippen LogP contribution is -2.38. The first kappa shape index (κ1) is 33.2. The standard InChI is InChI=1S/C10H18.C10H12.C9H17N.3C2H6/c2*1-2-6-10-8-4-3-7-9(10)5-1;1-2-4-9-7-10-6-5-8(9)3-1;3*1-2/h9-10H,1-8H2;1-2,5-6H,3-4,7-8H2;8-10H,1-7H2;3*1-2H3. The molecule has 0 amide bonds. The third-order valence-electron chi connectivity index (χ3n) is 8.89. The lowest BCUT2D eigenvalue weighted by atomic mass is 9.71. The number of hydrogen-bond acceptors (Lipinski definition) is 1. The van der Waals surface area contributed by atoms with E-state index in [4.69, 9.17) is 0 Å². The van der Waals surface area contributed by atoms with Crippen LogP contribution in [0.4, 0.5) is 0 Å². The first-order chi connectivity index (χ1) is 17.9. The molecule has 1 heteroatoms. The average molecular weight is 500 g/mol. The first-order valence-electron chi connectivity index (χ1n) is 16.7. The van der Waals surface area contributed by atoms with E-state index >= 15 is 0 Å². The van der Waals surface area contributed by atoms with Gasteiger partial charge in [-0.1, -0.05) is 136 Å². The quantitative estimate of drug-likeness (QED) is 0.374. The van der Waals surface area contributed by atoms with Crippen LogP contribution in [0.25, 0.3) is 0 Å². The van der Waals surface area contributed by atoms with Crippen molar-refractivity contribution in [3.05, 3.63) is 35.4 Å². The van der Waals surface area contributed by atoms with Gasteiger partial charge in [-0.3, -0.25) is 0 Å². The fourth-order valence-corrected chi connectivity index (χ4v) is 7.04. The van der Waals surface area contributed by atoms with Gasteiger partial charge < -0.3 is 5.32 Å². The molecule has 0 bridgehead atoms. The lowest BCUT2D eigenvalue weighted by molar-refractivity contribution is 0.171. The highest BCUT2D eigenvalue weighted by Gasteiger charge is 2.27. The van der Waals surface area contributed by atoms with Crippen LogP contribution >= 0.6 is 0 Å². The number of fused-ring (bicyclic) bond motifs is 3. The van der Waals surface area contributed by atoms with Crippen LogP contribution in [-0.2, 0) is 12.8 Å². The van der Waals surface area contributed by atoms with E-state index in [1.165, 1.54) is 96.6 Å². The van der Waals surface area contributed by atoms with Gasteiger partial charge in [0, 0.05) is 0 Å². The van der Waals surface area contributed by atoms with E-state index in [2.05, 4.69) is 29.6 Å². The summed E-state index contributed by atoms with van der Waals surface area (Å²) >= 11 is 0. The SMILES string of the molecule is C1CCC2CCCCC2C1.C1CCC2CNCCC2C1.CC.CC.CC.c1ccc2c(c1)CCCC2. The van der Waals surface area contributed by atoms with Crippen LogP contribution in [0.5, 0.6) is 0 Å². The van der Waals surface area contributed by atoms with E-state index in [9.17, 15) is 0 Å². The van der Waals surface area contributed by atoms with Crippen molar-refractivity contribution in [2.75, 3.05) is 13.1 Å². The van der Waals surface area contributed by atoms with Crippen molar-refractivity contribution in [1.29, 1.82) is 0 Å². The zero-order valence-electron chi connectivity index (χ0n) is 25.6. The molecule has 1 nitrogen and oxygen atoms in total. The molecule has 4 fully saturated rings. The second kappa shape index (κ2) is 22.2. The van der Waals surface area contributed by atoms with Gasteiger partial charge in [-0.2, -0.15) is 0 Å². The molecule has 3 saturated carbocycles. The summed E-state index contributed by atoms with van der Waals surface area (Å²) in [6, 6.07) is 8.80. The molecule has 0 spiro atoms. The van der Waals surface area contributed by atoms with Crippen LogP contribution in [-0.4, -0.2) is 13.1 Å². The summed E-state index contributed by atoms with van der Waals surface area (Å²) in [4.78, 5) is 0. The largest absolute Gasteiger partial charge is 0.316 e. The van der Waals surface area contributed by atoms with E-state index in [0.717, 1.165) is 23.7 Å². The summed E-state index contributed by atoms with van der Waals surface area (Å²) in [6.07, 6.45) is 25.2. The minimum absolute atomic E-state index is 1.04.